The summed E-state index contributed by atoms with van der Waals surface area (Å²) in [7, 11) is 1.30. The van der Waals surface area contributed by atoms with Gasteiger partial charge in [-0.2, -0.15) is 0 Å². The lowest BCUT2D eigenvalue weighted by Crippen LogP contribution is -2.20. The number of rotatable bonds is 4. The zero-order valence-corrected chi connectivity index (χ0v) is 13.4. The van der Waals surface area contributed by atoms with Crippen LogP contribution in [0, 0.1) is 13.8 Å². The van der Waals surface area contributed by atoms with Gasteiger partial charge in [-0.25, -0.2) is 4.79 Å². The maximum Gasteiger partial charge on any atom is 0.337 e. The lowest BCUT2D eigenvalue weighted by molar-refractivity contribution is -0.116. The Balaban J connectivity index is 2.16. The van der Waals surface area contributed by atoms with Crippen molar-refractivity contribution in [3.63, 3.8) is 0 Å². The maximum atomic E-state index is 12.2. The molecule has 22 heavy (non-hydrogen) atoms. The molecular formula is C16H17ClN2O3. The second-order valence-electron chi connectivity index (χ2n) is 4.94. The summed E-state index contributed by atoms with van der Waals surface area (Å²) in [5, 5.41) is 3.09. The Morgan fingerprint density at radius 3 is 2.41 bits per heavy atom. The molecule has 0 aliphatic rings. The van der Waals surface area contributed by atoms with Gasteiger partial charge in [-0.15, -0.1) is 0 Å². The number of amides is 1. The summed E-state index contributed by atoms with van der Waals surface area (Å²) in [6.07, 6.45) is 0. The number of halogens is 1. The van der Waals surface area contributed by atoms with Crippen molar-refractivity contribution in [3.05, 3.63) is 52.3 Å². The number of benzene rings is 1. The van der Waals surface area contributed by atoms with E-state index < -0.39 is 5.97 Å². The lowest BCUT2D eigenvalue weighted by atomic mass is 10.2. The van der Waals surface area contributed by atoms with Gasteiger partial charge in [0.15, 0.2) is 0 Å². The van der Waals surface area contributed by atoms with Crippen molar-refractivity contribution in [2.75, 3.05) is 12.4 Å². The Morgan fingerprint density at radius 1 is 1.18 bits per heavy atom. The molecule has 0 unspecified atom stereocenters. The Labute approximate surface area is 133 Å². The third-order valence-corrected chi connectivity index (χ3v) is 3.71. The van der Waals surface area contributed by atoms with Crippen LogP contribution < -0.4 is 5.32 Å². The predicted molar refractivity (Wildman–Crippen MR) is 85.3 cm³/mol. The van der Waals surface area contributed by atoms with Crippen molar-refractivity contribution in [1.29, 1.82) is 0 Å². The van der Waals surface area contributed by atoms with E-state index >= 15 is 0 Å². The van der Waals surface area contributed by atoms with Gasteiger partial charge in [0.1, 0.15) is 6.54 Å². The van der Waals surface area contributed by atoms with Gasteiger partial charge in [-0.05, 0) is 44.2 Å². The molecule has 0 bridgehead atoms. The van der Waals surface area contributed by atoms with Crippen molar-refractivity contribution in [3.8, 4) is 0 Å². The SMILES string of the molecule is COC(=O)c1ccc(Cl)c(NC(=O)Cn2c(C)ccc2C)c1. The van der Waals surface area contributed by atoms with Crippen LogP contribution in [-0.2, 0) is 16.1 Å². The molecule has 2 aromatic rings. The zero-order chi connectivity index (χ0) is 16.3. The average molecular weight is 321 g/mol. The van der Waals surface area contributed by atoms with Crippen LogP contribution in [0.15, 0.2) is 30.3 Å². The number of aromatic nitrogens is 1. The van der Waals surface area contributed by atoms with E-state index in [0.717, 1.165) is 11.4 Å². The number of carbonyl (C=O) groups is 2. The maximum absolute atomic E-state index is 12.2. The zero-order valence-electron chi connectivity index (χ0n) is 12.6. The van der Waals surface area contributed by atoms with E-state index in [4.69, 9.17) is 11.6 Å². The van der Waals surface area contributed by atoms with Crippen LogP contribution in [0.25, 0.3) is 0 Å². The number of nitrogens with zero attached hydrogens (tertiary/aromatic N) is 1. The van der Waals surface area contributed by atoms with Crippen LogP contribution >= 0.6 is 11.6 Å². The fourth-order valence-electron chi connectivity index (χ4n) is 2.15. The molecule has 5 nitrogen and oxygen atoms in total. The highest BCUT2D eigenvalue weighted by molar-refractivity contribution is 6.33. The number of hydrogen-bond acceptors (Lipinski definition) is 3. The van der Waals surface area contributed by atoms with Crippen LogP contribution in [0.3, 0.4) is 0 Å². The molecule has 0 spiro atoms. The Kier molecular flexibility index (Phi) is 4.88. The summed E-state index contributed by atoms with van der Waals surface area (Å²) in [6.45, 7) is 4.06. The topological polar surface area (TPSA) is 60.3 Å². The van der Waals surface area contributed by atoms with Gasteiger partial charge >= 0.3 is 5.97 Å². The summed E-state index contributed by atoms with van der Waals surface area (Å²) in [4.78, 5) is 23.7. The molecular weight excluding hydrogens is 304 g/mol. The minimum atomic E-state index is -0.482. The van der Waals surface area contributed by atoms with Crippen LogP contribution in [0.4, 0.5) is 5.69 Å². The van der Waals surface area contributed by atoms with Crippen LogP contribution in [0.5, 0.6) is 0 Å². The van der Waals surface area contributed by atoms with Gasteiger partial charge in [0.25, 0.3) is 0 Å². The molecule has 0 aliphatic carbocycles. The minimum absolute atomic E-state index is 0.184. The molecule has 1 heterocycles. The van der Waals surface area contributed by atoms with Gasteiger partial charge < -0.3 is 14.6 Å². The van der Waals surface area contributed by atoms with E-state index in [1.54, 1.807) is 12.1 Å². The van der Waals surface area contributed by atoms with Crippen molar-refractivity contribution in [2.24, 2.45) is 0 Å². The summed E-state index contributed by atoms with van der Waals surface area (Å²) in [6, 6.07) is 8.50. The van der Waals surface area contributed by atoms with Crippen molar-refractivity contribution < 1.29 is 14.3 Å². The van der Waals surface area contributed by atoms with E-state index in [2.05, 4.69) is 10.1 Å². The summed E-state index contributed by atoms with van der Waals surface area (Å²) in [5.41, 5.74) is 2.72. The largest absolute Gasteiger partial charge is 0.465 e. The molecule has 0 fully saturated rings. The smallest absolute Gasteiger partial charge is 0.337 e. The highest BCUT2D eigenvalue weighted by atomic mass is 35.5. The average Bonchev–Trinajstić information content (AvgIpc) is 2.80. The summed E-state index contributed by atoms with van der Waals surface area (Å²) < 4.78 is 6.55. The number of aryl methyl sites for hydroxylation is 2. The van der Waals surface area contributed by atoms with Crippen molar-refractivity contribution in [1.82, 2.24) is 4.57 Å². The molecule has 0 aliphatic heterocycles. The molecule has 0 atom stereocenters. The minimum Gasteiger partial charge on any atom is -0.465 e. The number of methoxy groups -OCH3 is 1. The predicted octanol–water partition coefficient (Wildman–Crippen LogP) is 3.18. The first-order chi connectivity index (χ1) is 10.4. The highest BCUT2D eigenvalue weighted by Crippen LogP contribution is 2.23. The molecule has 0 saturated carbocycles. The number of esters is 1. The number of hydrogen-bond donors (Lipinski definition) is 1. The Hall–Kier alpha value is -2.27. The first-order valence-electron chi connectivity index (χ1n) is 6.73. The van der Waals surface area contributed by atoms with E-state index in [-0.39, 0.29) is 12.5 Å². The van der Waals surface area contributed by atoms with E-state index in [1.807, 2.05) is 30.5 Å². The molecule has 2 rings (SSSR count). The lowest BCUT2D eigenvalue weighted by Gasteiger charge is -2.12. The van der Waals surface area contributed by atoms with Gasteiger partial charge in [0, 0.05) is 11.4 Å². The number of anilines is 1. The fraction of sp³-hybridized carbons (Fsp3) is 0.250. The standard InChI is InChI=1S/C16H17ClN2O3/c1-10-4-5-11(2)19(10)9-15(20)18-14-8-12(16(21)22-3)6-7-13(14)17/h4-8H,9H2,1-3H3,(H,18,20). The molecule has 116 valence electrons. The molecule has 1 amide bonds. The van der Waals surface area contributed by atoms with Gasteiger partial charge in [0.2, 0.25) is 5.91 Å². The molecule has 1 aromatic heterocycles. The summed E-state index contributed by atoms with van der Waals surface area (Å²) >= 11 is 6.06. The van der Waals surface area contributed by atoms with Crippen LogP contribution in [-0.4, -0.2) is 23.6 Å². The number of carbonyl (C=O) groups excluding carboxylic acids is 2. The van der Waals surface area contributed by atoms with E-state index in [0.29, 0.717) is 16.3 Å². The van der Waals surface area contributed by atoms with E-state index in [1.165, 1.54) is 13.2 Å². The number of ether oxygens (including phenoxy) is 1. The Bertz CT molecular complexity index is 703. The first kappa shape index (κ1) is 16.1. The van der Waals surface area contributed by atoms with Crippen LogP contribution in [0.2, 0.25) is 5.02 Å². The van der Waals surface area contributed by atoms with Gasteiger partial charge in [0.05, 0.1) is 23.4 Å². The fourth-order valence-corrected chi connectivity index (χ4v) is 2.31. The molecule has 0 saturated heterocycles. The van der Waals surface area contributed by atoms with Crippen molar-refractivity contribution >= 4 is 29.2 Å². The first-order valence-corrected chi connectivity index (χ1v) is 7.10. The van der Waals surface area contributed by atoms with Crippen molar-refractivity contribution in [2.45, 2.75) is 20.4 Å². The van der Waals surface area contributed by atoms with E-state index in [9.17, 15) is 9.59 Å². The molecule has 0 radical (unpaired) electrons. The normalized spacial score (nSPS) is 10.4. The summed E-state index contributed by atoms with van der Waals surface area (Å²) in [5.74, 6) is -0.699. The molecule has 6 heteroatoms. The Morgan fingerprint density at radius 2 is 1.82 bits per heavy atom. The quantitative estimate of drug-likeness (QED) is 0.880. The highest BCUT2D eigenvalue weighted by Gasteiger charge is 2.12. The third-order valence-electron chi connectivity index (χ3n) is 3.38. The molecule has 1 aromatic carbocycles. The van der Waals surface area contributed by atoms with Crippen LogP contribution in [0.1, 0.15) is 21.7 Å². The molecule has 1 N–H and O–H groups in total. The van der Waals surface area contributed by atoms with Gasteiger partial charge in [-0.1, -0.05) is 11.6 Å². The monoisotopic (exact) mass is 320 g/mol. The third kappa shape index (κ3) is 3.49. The second kappa shape index (κ2) is 6.66. The second-order valence-corrected chi connectivity index (χ2v) is 5.34. The van der Waals surface area contributed by atoms with Gasteiger partial charge in [-0.3, -0.25) is 4.79 Å². The number of nitrogens with one attached hydrogen (secondary N) is 1.